The van der Waals surface area contributed by atoms with Crippen LogP contribution in [0.5, 0.6) is 0 Å². The fourth-order valence-electron chi connectivity index (χ4n) is 2.60. The predicted molar refractivity (Wildman–Crippen MR) is 69.6 cm³/mol. The predicted octanol–water partition coefficient (Wildman–Crippen LogP) is 5.21. The molecular weight excluding hydrogens is 198 g/mol. The van der Waals surface area contributed by atoms with Crippen molar-refractivity contribution in [2.24, 2.45) is 5.18 Å². The monoisotopic (exact) mass is 225 g/mol. The Labute approximate surface area is 100 Å². The van der Waals surface area contributed by atoms with Gasteiger partial charge in [0.05, 0.1) is 6.04 Å². The fourth-order valence-corrected chi connectivity index (χ4v) is 2.60. The lowest BCUT2D eigenvalue weighted by Crippen LogP contribution is -2.03. The van der Waals surface area contributed by atoms with Gasteiger partial charge in [0, 0.05) is 0 Å². The molecule has 0 N–H and O–H groups in total. The highest BCUT2D eigenvalue weighted by molar-refractivity contribution is 4.66. The molecule has 0 aromatic rings. The number of rotatable bonds is 1. The van der Waals surface area contributed by atoms with Crippen molar-refractivity contribution in [3.63, 3.8) is 0 Å². The van der Waals surface area contributed by atoms with E-state index in [1.165, 1.54) is 70.6 Å². The zero-order valence-electron chi connectivity index (χ0n) is 10.6. The van der Waals surface area contributed by atoms with Crippen molar-refractivity contribution in [3.05, 3.63) is 4.91 Å². The minimum absolute atomic E-state index is 0.114. The maximum Gasteiger partial charge on any atom is 0.0919 e. The first-order valence-corrected chi connectivity index (χ1v) is 7.26. The van der Waals surface area contributed by atoms with Gasteiger partial charge in [-0.1, -0.05) is 75.8 Å². The van der Waals surface area contributed by atoms with Crippen LogP contribution in [0.15, 0.2) is 5.18 Å². The molecule has 1 aliphatic rings. The van der Waals surface area contributed by atoms with E-state index in [2.05, 4.69) is 5.18 Å². The van der Waals surface area contributed by atoms with Gasteiger partial charge in [-0.15, -0.1) is 0 Å². The number of hydrogen-bond donors (Lipinski definition) is 0. The maximum absolute atomic E-state index is 10.6. The zero-order valence-corrected chi connectivity index (χ0v) is 10.6. The van der Waals surface area contributed by atoms with Crippen molar-refractivity contribution in [2.45, 2.75) is 89.5 Å². The molecule has 0 saturated heterocycles. The minimum Gasteiger partial charge on any atom is -0.151 e. The third kappa shape index (κ3) is 6.97. The van der Waals surface area contributed by atoms with Crippen molar-refractivity contribution in [3.8, 4) is 0 Å². The molecular formula is C14H27NO. The Morgan fingerprint density at radius 3 is 1.19 bits per heavy atom. The molecule has 0 spiro atoms. The lowest BCUT2D eigenvalue weighted by molar-refractivity contribution is 0.468. The summed E-state index contributed by atoms with van der Waals surface area (Å²) in [6.45, 7) is 0. The first kappa shape index (κ1) is 13.7. The molecule has 1 aliphatic carbocycles. The topological polar surface area (TPSA) is 29.4 Å². The van der Waals surface area contributed by atoms with Gasteiger partial charge in [-0.05, 0) is 12.8 Å². The molecule has 2 heteroatoms. The summed E-state index contributed by atoms with van der Waals surface area (Å²) in [5, 5.41) is 3.27. The van der Waals surface area contributed by atoms with Gasteiger partial charge in [-0.3, -0.25) is 0 Å². The molecule has 0 aromatic carbocycles. The van der Waals surface area contributed by atoms with Crippen molar-refractivity contribution < 1.29 is 0 Å². The average molecular weight is 225 g/mol. The van der Waals surface area contributed by atoms with Gasteiger partial charge in [0.25, 0.3) is 0 Å². The summed E-state index contributed by atoms with van der Waals surface area (Å²) >= 11 is 0. The summed E-state index contributed by atoms with van der Waals surface area (Å²) in [7, 11) is 0. The minimum atomic E-state index is 0.114. The highest BCUT2D eigenvalue weighted by atomic mass is 16.3. The van der Waals surface area contributed by atoms with Crippen LogP contribution in [0.25, 0.3) is 0 Å². The number of nitroso groups, excluding NO2 is 1. The largest absolute Gasteiger partial charge is 0.151 e. The van der Waals surface area contributed by atoms with Crippen molar-refractivity contribution in [1.82, 2.24) is 0 Å². The van der Waals surface area contributed by atoms with Crippen LogP contribution in [0, 0.1) is 4.91 Å². The summed E-state index contributed by atoms with van der Waals surface area (Å²) in [4.78, 5) is 10.6. The van der Waals surface area contributed by atoms with Gasteiger partial charge in [0.15, 0.2) is 0 Å². The zero-order chi connectivity index (χ0) is 11.5. The fraction of sp³-hybridized carbons (Fsp3) is 1.00. The van der Waals surface area contributed by atoms with Crippen LogP contribution in [0.3, 0.4) is 0 Å². The third-order valence-electron chi connectivity index (χ3n) is 3.72. The highest BCUT2D eigenvalue weighted by Crippen LogP contribution is 2.18. The van der Waals surface area contributed by atoms with Crippen LogP contribution in [0.1, 0.15) is 83.5 Å². The Bertz CT molecular complexity index is 156. The van der Waals surface area contributed by atoms with E-state index in [1.807, 2.05) is 0 Å². The Kier molecular flexibility index (Phi) is 8.37. The van der Waals surface area contributed by atoms with E-state index in [0.29, 0.717) is 0 Å². The molecule has 0 heterocycles. The van der Waals surface area contributed by atoms with Gasteiger partial charge < -0.3 is 0 Å². The van der Waals surface area contributed by atoms with Crippen LogP contribution in [0.2, 0.25) is 0 Å². The van der Waals surface area contributed by atoms with Crippen LogP contribution in [-0.4, -0.2) is 6.04 Å². The van der Waals surface area contributed by atoms with Crippen LogP contribution < -0.4 is 0 Å². The van der Waals surface area contributed by atoms with Crippen molar-refractivity contribution >= 4 is 0 Å². The molecule has 94 valence electrons. The third-order valence-corrected chi connectivity index (χ3v) is 3.72. The van der Waals surface area contributed by atoms with Gasteiger partial charge in [0.1, 0.15) is 0 Å². The first-order valence-electron chi connectivity index (χ1n) is 7.26. The summed E-state index contributed by atoms with van der Waals surface area (Å²) in [5.41, 5.74) is 0. The van der Waals surface area contributed by atoms with Crippen molar-refractivity contribution in [2.75, 3.05) is 0 Å². The SMILES string of the molecule is O=NC1CCCCCCCCCCCCC1. The number of hydrogen-bond acceptors (Lipinski definition) is 2. The molecule has 0 unspecified atom stereocenters. The van der Waals surface area contributed by atoms with Gasteiger partial charge in [0.2, 0.25) is 0 Å². The number of nitrogens with zero attached hydrogens (tertiary/aromatic N) is 1. The highest BCUT2D eigenvalue weighted by Gasteiger charge is 2.08. The van der Waals surface area contributed by atoms with Crippen molar-refractivity contribution in [1.29, 1.82) is 0 Å². The Balaban J connectivity index is 2.18. The molecule has 1 rings (SSSR count). The summed E-state index contributed by atoms with van der Waals surface area (Å²) < 4.78 is 0. The maximum atomic E-state index is 10.6. The lowest BCUT2D eigenvalue weighted by atomic mass is 9.99. The molecule has 0 aliphatic heterocycles. The van der Waals surface area contributed by atoms with E-state index in [0.717, 1.165) is 12.8 Å². The van der Waals surface area contributed by atoms with E-state index >= 15 is 0 Å². The van der Waals surface area contributed by atoms with E-state index in [1.54, 1.807) is 0 Å². The molecule has 0 aromatic heterocycles. The summed E-state index contributed by atoms with van der Waals surface area (Å²) in [6.07, 6.45) is 16.8. The second-order valence-corrected chi connectivity index (χ2v) is 5.23. The molecule has 0 bridgehead atoms. The Hall–Kier alpha value is -0.400. The normalized spacial score (nSPS) is 23.5. The van der Waals surface area contributed by atoms with Gasteiger partial charge >= 0.3 is 0 Å². The quantitative estimate of drug-likeness (QED) is 0.563. The molecule has 1 saturated carbocycles. The molecule has 2 nitrogen and oxygen atoms in total. The summed E-state index contributed by atoms with van der Waals surface area (Å²) in [5.74, 6) is 0. The molecule has 1 fully saturated rings. The second kappa shape index (κ2) is 9.80. The van der Waals surface area contributed by atoms with Gasteiger partial charge in [-0.2, -0.15) is 4.91 Å². The van der Waals surface area contributed by atoms with E-state index < -0.39 is 0 Å². The summed E-state index contributed by atoms with van der Waals surface area (Å²) in [6, 6.07) is 0.114. The molecule has 0 atom stereocenters. The van der Waals surface area contributed by atoms with Crippen LogP contribution in [0.4, 0.5) is 0 Å². The van der Waals surface area contributed by atoms with Gasteiger partial charge in [-0.25, -0.2) is 0 Å². The Morgan fingerprint density at radius 1 is 0.562 bits per heavy atom. The first-order chi connectivity index (χ1) is 7.93. The standard InChI is InChI=1S/C14H27NO/c16-15-14-12-10-8-6-4-2-1-3-5-7-9-11-13-14/h14H,1-13H2. The lowest BCUT2D eigenvalue weighted by Gasteiger charge is -2.10. The van der Waals surface area contributed by atoms with E-state index in [9.17, 15) is 4.91 Å². The van der Waals surface area contributed by atoms with Crippen LogP contribution >= 0.6 is 0 Å². The van der Waals surface area contributed by atoms with E-state index in [4.69, 9.17) is 0 Å². The molecule has 16 heavy (non-hydrogen) atoms. The second-order valence-electron chi connectivity index (χ2n) is 5.23. The molecule has 0 amide bonds. The average Bonchev–Trinajstić information content (AvgIpc) is 2.32. The smallest absolute Gasteiger partial charge is 0.0919 e. The Morgan fingerprint density at radius 2 is 0.875 bits per heavy atom. The van der Waals surface area contributed by atoms with E-state index in [-0.39, 0.29) is 6.04 Å². The van der Waals surface area contributed by atoms with Crippen LogP contribution in [-0.2, 0) is 0 Å². The molecule has 0 radical (unpaired) electrons.